The molecule has 0 aromatic heterocycles. The van der Waals surface area contributed by atoms with Crippen molar-refractivity contribution < 1.29 is 0 Å². The molecule has 0 radical (unpaired) electrons. The molecular weight excluding hydrogens is 168 g/mol. The fourth-order valence-corrected chi connectivity index (χ4v) is 1.72. The Morgan fingerprint density at radius 1 is 1.25 bits per heavy atom. The van der Waals surface area contributed by atoms with E-state index in [-0.39, 0.29) is 5.50 Å². The second-order valence-electron chi connectivity index (χ2n) is 2.94. The predicted molar refractivity (Wildman–Crippen MR) is 53.1 cm³/mol. The van der Waals surface area contributed by atoms with Crippen LogP contribution in [-0.4, -0.2) is 12.0 Å². The third-order valence-electron chi connectivity index (χ3n) is 2.08. The highest BCUT2D eigenvalue weighted by atomic mass is 32.1. The molecule has 2 rings (SSSR count). The van der Waals surface area contributed by atoms with Gasteiger partial charge in [-0.1, -0.05) is 30.3 Å². The number of thiol groups is 1. The number of nitrogens with one attached hydrogen (secondary N) is 2. The van der Waals surface area contributed by atoms with Crippen LogP contribution in [0.1, 0.15) is 11.6 Å². The summed E-state index contributed by atoms with van der Waals surface area (Å²) >= 11 is 4.28. The summed E-state index contributed by atoms with van der Waals surface area (Å²) in [5, 5.41) is 6.54. The molecular formula is C9H12N2S. The first-order chi connectivity index (χ1) is 5.86. The predicted octanol–water partition coefficient (Wildman–Crippen LogP) is 1.13. The van der Waals surface area contributed by atoms with Gasteiger partial charge in [0.15, 0.2) is 0 Å². The maximum atomic E-state index is 4.28. The van der Waals surface area contributed by atoms with Crippen LogP contribution in [0.3, 0.4) is 0 Å². The highest BCUT2D eigenvalue weighted by molar-refractivity contribution is 7.80. The van der Waals surface area contributed by atoms with Crippen LogP contribution in [0.2, 0.25) is 0 Å². The molecule has 1 aromatic carbocycles. The largest absolute Gasteiger partial charge is 0.292 e. The van der Waals surface area contributed by atoms with E-state index in [1.807, 2.05) is 6.07 Å². The second kappa shape index (κ2) is 3.47. The molecule has 1 heterocycles. The zero-order valence-electron chi connectivity index (χ0n) is 6.70. The quantitative estimate of drug-likeness (QED) is 0.564. The van der Waals surface area contributed by atoms with Crippen molar-refractivity contribution in [2.75, 3.05) is 6.54 Å². The van der Waals surface area contributed by atoms with E-state index in [4.69, 9.17) is 0 Å². The Labute approximate surface area is 77.8 Å². The van der Waals surface area contributed by atoms with Crippen LogP contribution in [0.15, 0.2) is 30.3 Å². The summed E-state index contributed by atoms with van der Waals surface area (Å²) in [6, 6.07) is 10.8. The van der Waals surface area contributed by atoms with Gasteiger partial charge in [-0.3, -0.25) is 10.6 Å². The lowest BCUT2D eigenvalue weighted by molar-refractivity contribution is 0.659. The van der Waals surface area contributed by atoms with Crippen molar-refractivity contribution in [1.29, 1.82) is 0 Å². The molecule has 2 N–H and O–H groups in total. The molecule has 64 valence electrons. The van der Waals surface area contributed by atoms with Gasteiger partial charge in [0.2, 0.25) is 0 Å². The van der Waals surface area contributed by atoms with E-state index in [1.54, 1.807) is 0 Å². The Morgan fingerprint density at radius 3 is 2.58 bits per heavy atom. The topological polar surface area (TPSA) is 24.1 Å². The molecule has 2 atom stereocenters. The Balaban J connectivity index is 2.11. The summed E-state index contributed by atoms with van der Waals surface area (Å²) < 4.78 is 0. The van der Waals surface area contributed by atoms with E-state index < -0.39 is 0 Å². The molecule has 0 saturated carbocycles. The summed E-state index contributed by atoms with van der Waals surface area (Å²) in [6.07, 6.45) is 0. The standard InChI is InChI=1S/C9H12N2S/c12-9-10-6-8(11-9)7-4-2-1-3-5-7/h1-5,8-12H,6H2. The van der Waals surface area contributed by atoms with Crippen LogP contribution in [-0.2, 0) is 0 Å². The van der Waals surface area contributed by atoms with Crippen LogP contribution in [0.25, 0.3) is 0 Å². The minimum atomic E-state index is 0.134. The molecule has 3 heteroatoms. The molecule has 1 aromatic rings. The van der Waals surface area contributed by atoms with E-state index in [0.29, 0.717) is 6.04 Å². The monoisotopic (exact) mass is 180 g/mol. The Kier molecular flexibility index (Phi) is 2.35. The number of hydrogen-bond acceptors (Lipinski definition) is 3. The van der Waals surface area contributed by atoms with Crippen molar-refractivity contribution in [2.45, 2.75) is 11.5 Å². The molecule has 1 aliphatic rings. The van der Waals surface area contributed by atoms with Gasteiger partial charge in [0.1, 0.15) is 5.50 Å². The van der Waals surface area contributed by atoms with Crippen molar-refractivity contribution in [2.24, 2.45) is 0 Å². The lowest BCUT2D eigenvalue weighted by atomic mass is 10.1. The maximum Gasteiger partial charge on any atom is 0.103 e. The van der Waals surface area contributed by atoms with Crippen molar-refractivity contribution >= 4 is 12.6 Å². The van der Waals surface area contributed by atoms with E-state index in [1.165, 1.54) is 5.56 Å². The van der Waals surface area contributed by atoms with E-state index in [2.05, 4.69) is 47.5 Å². The first kappa shape index (κ1) is 8.10. The minimum absolute atomic E-state index is 0.134. The van der Waals surface area contributed by atoms with Gasteiger partial charge < -0.3 is 0 Å². The van der Waals surface area contributed by atoms with Gasteiger partial charge in [0.25, 0.3) is 0 Å². The van der Waals surface area contributed by atoms with Crippen LogP contribution < -0.4 is 10.6 Å². The third-order valence-corrected chi connectivity index (χ3v) is 2.41. The van der Waals surface area contributed by atoms with E-state index in [0.717, 1.165) is 6.54 Å². The van der Waals surface area contributed by atoms with E-state index in [9.17, 15) is 0 Å². The number of rotatable bonds is 1. The first-order valence-corrected chi connectivity index (χ1v) is 4.60. The van der Waals surface area contributed by atoms with Crippen molar-refractivity contribution in [3.05, 3.63) is 35.9 Å². The fourth-order valence-electron chi connectivity index (χ4n) is 1.44. The Morgan fingerprint density at radius 2 is 2.00 bits per heavy atom. The molecule has 0 aliphatic carbocycles. The summed E-state index contributed by atoms with van der Waals surface area (Å²) in [6.45, 7) is 0.957. The number of hydrogen-bond donors (Lipinski definition) is 3. The summed E-state index contributed by atoms with van der Waals surface area (Å²) in [4.78, 5) is 0. The summed E-state index contributed by atoms with van der Waals surface area (Å²) in [7, 11) is 0. The molecule has 0 amide bonds. The zero-order chi connectivity index (χ0) is 8.39. The van der Waals surface area contributed by atoms with Gasteiger partial charge >= 0.3 is 0 Å². The smallest absolute Gasteiger partial charge is 0.103 e. The minimum Gasteiger partial charge on any atom is -0.292 e. The van der Waals surface area contributed by atoms with Crippen LogP contribution in [0.4, 0.5) is 0 Å². The Bertz CT molecular complexity index is 250. The zero-order valence-corrected chi connectivity index (χ0v) is 7.59. The molecule has 1 saturated heterocycles. The van der Waals surface area contributed by atoms with Crippen LogP contribution in [0, 0.1) is 0 Å². The molecule has 0 spiro atoms. The maximum absolute atomic E-state index is 4.28. The average molecular weight is 180 g/mol. The third kappa shape index (κ3) is 1.63. The molecule has 0 bridgehead atoms. The molecule has 2 nitrogen and oxygen atoms in total. The van der Waals surface area contributed by atoms with Crippen molar-refractivity contribution in [3.63, 3.8) is 0 Å². The van der Waals surface area contributed by atoms with Gasteiger partial charge in [-0.25, -0.2) is 0 Å². The van der Waals surface area contributed by atoms with E-state index >= 15 is 0 Å². The Hall–Kier alpha value is -0.510. The average Bonchev–Trinajstić information content (AvgIpc) is 2.54. The van der Waals surface area contributed by atoms with Gasteiger partial charge in [0.05, 0.1) is 0 Å². The lowest BCUT2D eigenvalue weighted by Gasteiger charge is -2.09. The van der Waals surface area contributed by atoms with Gasteiger partial charge in [0, 0.05) is 12.6 Å². The summed E-state index contributed by atoms with van der Waals surface area (Å²) in [5.41, 5.74) is 1.46. The summed E-state index contributed by atoms with van der Waals surface area (Å²) in [5.74, 6) is 0. The van der Waals surface area contributed by atoms with Gasteiger partial charge in [-0.15, -0.1) is 12.6 Å². The fraction of sp³-hybridized carbons (Fsp3) is 0.333. The highest BCUT2D eigenvalue weighted by Crippen LogP contribution is 2.16. The van der Waals surface area contributed by atoms with Crippen molar-refractivity contribution in [1.82, 2.24) is 10.6 Å². The van der Waals surface area contributed by atoms with Crippen LogP contribution >= 0.6 is 12.6 Å². The SMILES string of the molecule is SC1NCC(c2ccccc2)N1. The molecule has 12 heavy (non-hydrogen) atoms. The van der Waals surface area contributed by atoms with Crippen molar-refractivity contribution in [3.8, 4) is 0 Å². The van der Waals surface area contributed by atoms with Gasteiger partial charge in [-0.05, 0) is 5.56 Å². The second-order valence-corrected chi connectivity index (χ2v) is 3.46. The number of benzene rings is 1. The molecule has 1 fully saturated rings. The first-order valence-electron chi connectivity index (χ1n) is 4.09. The molecule has 1 aliphatic heterocycles. The normalized spacial score (nSPS) is 29.1. The van der Waals surface area contributed by atoms with Gasteiger partial charge in [-0.2, -0.15) is 0 Å². The lowest BCUT2D eigenvalue weighted by Crippen LogP contribution is -2.24. The highest BCUT2D eigenvalue weighted by Gasteiger charge is 2.20. The van der Waals surface area contributed by atoms with Crippen LogP contribution in [0.5, 0.6) is 0 Å². The molecule has 2 unspecified atom stereocenters.